The zero-order valence-corrected chi connectivity index (χ0v) is 56.7. The van der Waals surface area contributed by atoms with E-state index in [0.29, 0.717) is 57.7 Å². The third kappa shape index (κ3) is 23.5. The van der Waals surface area contributed by atoms with Gasteiger partial charge in [0.05, 0.1) is 16.7 Å². The van der Waals surface area contributed by atoms with Gasteiger partial charge in [-0.1, -0.05) is 54.6 Å². The summed E-state index contributed by atoms with van der Waals surface area (Å²) in [6, 6.07) is 43.3. The van der Waals surface area contributed by atoms with Crippen LogP contribution in [0, 0.1) is 86.7 Å². The summed E-state index contributed by atoms with van der Waals surface area (Å²) in [7, 11) is 0. The molecule has 100 heavy (non-hydrogen) atoms. The van der Waals surface area contributed by atoms with E-state index in [0.717, 1.165) is 120 Å². The van der Waals surface area contributed by atoms with Crippen LogP contribution in [0.5, 0.6) is 28.7 Å². The first-order valence-corrected chi connectivity index (χ1v) is 31.0. The Labute approximate surface area is 574 Å². The molecule has 10 rings (SSSR count). The zero-order valence-electron chi connectivity index (χ0n) is 56.7. The second-order valence-corrected chi connectivity index (χ2v) is 23.7. The summed E-state index contributed by atoms with van der Waals surface area (Å²) >= 11 is 0. The second-order valence-electron chi connectivity index (χ2n) is 23.7. The number of alkyl halides is 9. The normalized spacial score (nSPS) is 11.1. The van der Waals surface area contributed by atoms with E-state index in [1.54, 1.807) is 54.6 Å². The Morgan fingerprint density at radius 2 is 0.590 bits per heavy atom. The predicted molar refractivity (Wildman–Crippen MR) is 370 cm³/mol. The third-order valence-corrected chi connectivity index (χ3v) is 15.6. The molecule has 0 aliphatic rings. The minimum atomic E-state index is -4.38. The van der Waals surface area contributed by atoms with Crippen LogP contribution in [0.15, 0.2) is 176 Å². The van der Waals surface area contributed by atoms with Crippen molar-refractivity contribution in [3.8, 4) is 28.7 Å². The molecule has 0 spiro atoms. The van der Waals surface area contributed by atoms with E-state index in [4.69, 9.17) is 52.4 Å². The number of halogens is 12. The smallest absolute Gasteiger partial charge is 0.416 e. The van der Waals surface area contributed by atoms with Gasteiger partial charge in [-0.05, 0) is 257 Å². The lowest BCUT2D eigenvalue weighted by Crippen LogP contribution is -2.10. The molecule has 22 heteroatoms. The van der Waals surface area contributed by atoms with E-state index in [1.165, 1.54) is 54.6 Å². The zero-order chi connectivity index (χ0) is 74.0. The van der Waals surface area contributed by atoms with Gasteiger partial charge in [-0.15, -0.1) is 0 Å². The molecule has 0 saturated carbocycles. The van der Waals surface area contributed by atoms with E-state index in [1.807, 2.05) is 99.6 Å². The SMILES string of the molecule is Cc1cc(OCc2ccc(C(F)(F)F)cc2)cc(C)c1N.Cc1cc(OCc2ccc(F)cc2F)cc(C)c1N.Cc1cc(OCc2cccc(C(F)(F)F)c2)cc(C)c1N.Cc1cc(OCc2cccc(F)c2)cc(C)c1N.Cc1cc(OCc2ccccc2C(F)(F)F)cc(C)c1N. The van der Waals surface area contributed by atoms with Crippen LogP contribution < -0.4 is 52.4 Å². The van der Waals surface area contributed by atoms with Crippen molar-refractivity contribution in [1.82, 2.24) is 0 Å². The van der Waals surface area contributed by atoms with E-state index >= 15 is 0 Å². The number of aryl methyl sites for hydroxylation is 10. The summed E-state index contributed by atoms with van der Waals surface area (Å²) < 4.78 is 181. The molecule has 10 aromatic carbocycles. The molecule has 10 N–H and O–H groups in total. The van der Waals surface area contributed by atoms with Gasteiger partial charge in [0.15, 0.2) is 0 Å². The molecule has 0 unspecified atom stereocenters. The van der Waals surface area contributed by atoms with Gasteiger partial charge in [0.1, 0.15) is 79.2 Å². The number of nitrogens with two attached hydrogens (primary N) is 5. The van der Waals surface area contributed by atoms with Crippen molar-refractivity contribution in [3.63, 3.8) is 0 Å². The lowest BCUT2D eigenvalue weighted by atomic mass is 10.1. The lowest BCUT2D eigenvalue weighted by molar-refractivity contribution is -0.139. The van der Waals surface area contributed by atoms with Crippen molar-refractivity contribution in [3.05, 3.63) is 294 Å². The molecule has 0 aromatic heterocycles. The second kappa shape index (κ2) is 34.7. The van der Waals surface area contributed by atoms with E-state index in [9.17, 15) is 52.7 Å². The largest absolute Gasteiger partial charge is 0.489 e. The first kappa shape index (κ1) is 78.4. The van der Waals surface area contributed by atoms with Crippen LogP contribution in [0.4, 0.5) is 81.1 Å². The molecular formula is C78H79F12N5O5. The average molecular weight is 1390 g/mol. The van der Waals surface area contributed by atoms with Crippen molar-refractivity contribution in [1.29, 1.82) is 0 Å². The summed E-state index contributed by atoms with van der Waals surface area (Å²) in [5.74, 6) is 1.67. The molecule has 0 heterocycles. The standard InChI is InChI=1S/3C16H16F3NO.C15H15F2NO.C15H16FNO/c1-10-7-14(8-11(2)15(10)20)21-9-12-3-5-13(6-4-12)16(17,18)19;1-10-6-14(7-11(2)15(10)20)21-9-12-4-3-5-13(8-12)16(17,18)19;1-10-7-13(8-11(2)15(10)20)21-9-12-5-3-4-6-14(12)16(17,18)19;1-9-5-13(6-10(2)15(9)18)19-8-11-3-4-12(16)7-14(11)17;1-10-6-14(7-11(2)15(10)17)18-9-12-4-3-5-13(16)8-12/h3*3-8H,9,20H2,1-2H3;3-7H,8,18H2,1-2H3;3-8H,9,17H2,1-2H3. The monoisotopic (exact) mass is 1390 g/mol. The highest BCUT2D eigenvalue weighted by molar-refractivity contribution is 5.59. The number of hydrogen-bond acceptors (Lipinski definition) is 10. The van der Waals surface area contributed by atoms with Crippen LogP contribution in [-0.4, -0.2) is 0 Å². The van der Waals surface area contributed by atoms with Gasteiger partial charge in [-0.2, -0.15) is 39.5 Å². The van der Waals surface area contributed by atoms with Crippen molar-refractivity contribution in [2.24, 2.45) is 0 Å². The Balaban J connectivity index is 0.000000197. The predicted octanol–water partition coefficient (Wildman–Crippen LogP) is 20.8. The first-order valence-electron chi connectivity index (χ1n) is 31.0. The van der Waals surface area contributed by atoms with Gasteiger partial charge in [-0.25, -0.2) is 13.2 Å². The van der Waals surface area contributed by atoms with Crippen LogP contribution in [0.1, 0.15) is 100 Å². The van der Waals surface area contributed by atoms with Crippen molar-refractivity contribution >= 4 is 28.4 Å². The first-order chi connectivity index (χ1) is 46.9. The van der Waals surface area contributed by atoms with Crippen molar-refractivity contribution in [2.75, 3.05) is 28.7 Å². The molecular weight excluding hydrogens is 1310 g/mol. The van der Waals surface area contributed by atoms with Crippen LogP contribution >= 0.6 is 0 Å². The molecule has 0 amide bonds. The minimum absolute atomic E-state index is 0.0505. The summed E-state index contributed by atoms with van der Waals surface area (Å²) in [4.78, 5) is 0. The molecule has 0 radical (unpaired) electrons. The van der Waals surface area contributed by atoms with Crippen LogP contribution in [0.3, 0.4) is 0 Å². The Morgan fingerprint density at radius 1 is 0.270 bits per heavy atom. The molecule has 0 fully saturated rings. The molecule has 0 bridgehead atoms. The number of ether oxygens (including phenoxy) is 5. The highest BCUT2D eigenvalue weighted by atomic mass is 19.4. The molecule has 10 nitrogen and oxygen atoms in total. The number of anilines is 5. The van der Waals surface area contributed by atoms with Gasteiger partial charge in [0, 0.05) is 45.6 Å². The average Bonchev–Trinajstić information content (AvgIpc) is 0.835. The minimum Gasteiger partial charge on any atom is -0.489 e. The van der Waals surface area contributed by atoms with Crippen LogP contribution in [0.2, 0.25) is 0 Å². The fourth-order valence-corrected chi connectivity index (χ4v) is 9.73. The van der Waals surface area contributed by atoms with Gasteiger partial charge in [0.2, 0.25) is 0 Å². The van der Waals surface area contributed by atoms with E-state index in [2.05, 4.69) is 0 Å². The molecule has 0 atom stereocenters. The summed E-state index contributed by atoms with van der Waals surface area (Å²) in [5, 5.41) is 0. The Kier molecular flexibility index (Phi) is 27.2. The van der Waals surface area contributed by atoms with Gasteiger partial charge < -0.3 is 52.4 Å². The summed E-state index contributed by atoms with van der Waals surface area (Å²) in [6.07, 6.45) is -13.0. The topological polar surface area (TPSA) is 176 Å². The third-order valence-electron chi connectivity index (χ3n) is 15.6. The fraction of sp³-hybridized carbons (Fsp3) is 0.231. The van der Waals surface area contributed by atoms with Gasteiger partial charge in [0.25, 0.3) is 0 Å². The Morgan fingerprint density at radius 3 is 0.940 bits per heavy atom. The highest BCUT2D eigenvalue weighted by Gasteiger charge is 2.33. The van der Waals surface area contributed by atoms with E-state index in [-0.39, 0.29) is 37.8 Å². The maximum Gasteiger partial charge on any atom is 0.416 e. The number of benzene rings is 10. The van der Waals surface area contributed by atoms with Gasteiger partial charge in [-0.3, -0.25) is 0 Å². The molecule has 0 aliphatic heterocycles. The Bertz CT molecular complexity index is 4290. The van der Waals surface area contributed by atoms with Crippen molar-refractivity contribution < 1.29 is 76.4 Å². The van der Waals surface area contributed by atoms with Crippen LogP contribution in [0.25, 0.3) is 0 Å². The Hall–Kier alpha value is -10.6. The number of rotatable bonds is 15. The molecule has 530 valence electrons. The maximum absolute atomic E-state index is 13.4. The highest BCUT2D eigenvalue weighted by Crippen LogP contribution is 2.35. The number of nitrogen functional groups attached to an aromatic ring is 5. The molecule has 10 aromatic rings. The van der Waals surface area contributed by atoms with Gasteiger partial charge >= 0.3 is 18.5 Å². The fourth-order valence-electron chi connectivity index (χ4n) is 9.73. The van der Waals surface area contributed by atoms with E-state index < -0.39 is 46.9 Å². The molecule has 0 saturated heterocycles. The summed E-state index contributed by atoms with van der Waals surface area (Å²) in [5.41, 5.74) is 42.3. The quantitative estimate of drug-likeness (QED) is 0.0490. The summed E-state index contributed by atoms with van der Waals surface area (Å²) in [6.45, 7) is 19.3. The van der Waals surface area contributed by atoms with Crippen LogP contribution in [-0.2, 0) is 51.6 Å². The maximum atomic E-state index is 13.4. The lowest BCUT2D eigenvalue weighted by Gasteiger charge is -2.14. The number of hydrogen-bond donors (Lipinski definition) is 5. The molecule has 0 aliphatic carbocycles. The van der Waals surface area contributed by atoms with Crippen molar-refractivity contribution in [2.45, 2.75) is 121 Å².